The molecule has 0 amide bonds. The minimum absolute atomic E-state index is 0.568. The van der Waals surface area contributed by atoms with E-state index < -0.39 is 0 Å². The maximum absolute atomic E-state index is 5.88. The molecule has 3 heteroatoms. The van der Waals surface area contributed by atoms with Crippen molar-refractivity contribution in [1.29, 1.82) is 0 Å². The Morgan fingerprint density at radius 1 is 1.17 bits per heavy atom. The Kier molecular flexibility index (Phi) is 3.82. The summed E-state index contributed by atoms with van der Waals surface area (Å²) < 4.78 is 2.07. The van der Waals surface area contributed by atoms with Crippen molar-refractivity contribution in [1.82, 2.24) is 9.78 Å². The van der Waals surface area contributed by atoms with Crippen LogP contribution < -0.4 is 5.73 Å². The van der Waals surface area contributed by atoms with Gasteiger partial charge in [0.1, 0.15) is 0 Å². The normalized spacial score (nSPS) is 10.9. The standard InChI is InChI=1S/C15H21N3/c1-4-13-12(10-16)14(5-2)18(17-13)15-9-7-6-8-11(15)3/h6-9H,4-5,10,16H2,1-3H3. The summed E-state index contributed by atoms with van der Waals surface area (Å²) in [6.07, 6.45) is 1.88. The lowest BCUT2D eigenvalue weighted by Gasteiger charge is -2.09. The van der Waals surface area contributed by atoms with Crippen molar-refractivity contribution < 1.29 is 0 Å². The van der Waals surface area contributed by atoms with Gasteiger partial charge in [0.2, 0.25) is 0 Å². The summed E-state index contributed by atoms with van der Waals surface area (Å²) in [5.41, 5.74) is 11.8. The second-order valence-corrected chi connectivity index (χ2v) is 4.48. The number of nitrogens with two attached hydrogens (primary N) is 1. The van der Waals surface area contributed by atoms with Gasteiger partial charge in [-0.1, -0.05) is 32.0 Å². The maximum Gasteiger partial charge on any atom is 0.0678 e. The van der Waals surface area contributed by atoms with Gasteiger partial charge >= 0.3 is 0 Å². The molecule has 2 rings (SSSR count). The summed E-state index contributed by atoms with van der Waals surface area (Å²) in [5, 5.41) is 4.74. The minimum Gasteiger partial charge on any atom is -0.326 e. The van der Waals surface area contributed by atoms with Gasteiger partial charge in [0.05, 0.1) is 11.4 Å². The second kappa shape index (κ2) is 5.36. The van der Waals surface area contributed by atoms with E-state index in [4.69, 9.17) is 10.8 Å². The van der Waals surface area contributed by atoms with E-state index in [1.165, 1.54) is 16.8 Å². The van der Waals surface area contributed by atoms with Gasteiger partial charge in [-0.25, -0.2) is 4.68 Å². The molecule has 1 aromatic carbocycles. The van der Waals surface area contributed by atoms with Crippen LogP contribution >= 0.6 is 0 Å². The Balaban J connectivity index is 2.64. The van der Waals surface area contributed by atoms with Crippen LogP contribution in [0.25, 0.3) is 5.69 Å². The van der Waals surface area contributed by atoms with E-state index >= 15 is 0 Å². The summed E-state index contributed by atoms with van der Waals surface area (Å²) >= 11 is 0. The number of para-hydroxylation sites is 1. The highest BCUT2D eigenvalue weighted by atomic mass is 15.3. The Hall–Kier alpha value is -1.61. The Bertz CT molecular complexity index is 541. The summed E-state index contributed by atoms with van der Waals surface area (Å²) in [6.45, 7) is 6.97. The molecule has 0 fully saturated rings. The number of nitrogens with zero attached hydrogens (tertiary/aromatic N) is 2. The molecular weight excluding hydrogens is 222 g/mol. The maximum atomic E-state index is 5.88. The fourth-order valence-electron chi connectivity index (χ4n) is 2.42. The van der Waals surface area contributed by atoms with Gasteiger partial charge in [0.15, 0.2) is 0 Å². The first-order valence-electron chi connectivity index (χ1n) is 6.58. The summed E-state index contributed by atoms with van der Waals surface area (Å²) in [5.74, 6) is 0. The number of hydrogen-bond donors (Lipinski definition) is 1. The van der Waals surface area contributed by atoms with Gasteiger partial charge in [0.25, 0.3) is 0 Å². The molecule has 0 bridgehead atoms. The Morgan fingerprint density at radius 3 is 2.44 bits per heavy atom. The molecule has 0 aliphatic carbocycles. The number of hydrogen-bond acceptors (Lipinski definition) is 2. The monoisotopic (exact) mass is 243 g/mol. The molecular formula is C15H21N3. The van der Waals surface area contributed by atoms with E-state index in [1.807, 2.05) is 0 Å². The number of aromatic nitrogens is 2. The molecule has 1 aromatic heterocycles. The summed E-state index contributed by atoms with van der Waals surface area (Å²) in [4.78, 5) is 0. The van der Waals surface area contributed by atoms with Crippen LogP contribution in [0.3, 0.4) is 0 Å². The van der Waals surface area contributed by atoms with Crippen LogP contribution in [0, 0.1) is 6.92 Å². The largest absolute Gasteiger partial charge is 0.326 e. The molecule has 0 atom stereocenters. The molecule has 0 saturated carbocycles. The third kappa shape index (κ3) is 2.06. The molecule has 0 aliphatic rings. The number of benzene rings is 1. The molecule has 96 valence electrons. The third-order valence-corrected chi connectivity index (χ3v) is 3.39. The zero-order valence-electron chi connectivity index (χ0n) is 11.4. The van der Waals surface area contributed by atoms with Gasteiger partial charge in [-0.15, -0.1) is 0 Å². The Morgan fingerprint density at radius 2 is 1.89 bits per heavy atom. The smallest absolute Gasteiger partial charge is 0.0678 e. The highest BCUT2D eigenvalue weighted by Crippen LogP contribution is 2.21. The van der Waals surface area contributed by atoms with Crippen molar-refractivity contribution in [3.05, 3.63) is 46.8 Å². The van der Waals surface area contributed by atoms with Gasteiger partial charge in [-0.3, -0.25) is 0 Å². The zero-order chi connectivity index (χ0) is 13.1. The lowest BCUT2D eigenvalue weighted by atomic mass is 10.1. The molecule has 1 heterocycles. The second-order valence-electron chi connectivity index (χ2n) is 4.48. The van der Waals surface area contributed by atoms with E-state index in [0.717, 1.165) is 24.2 Å². The highest BCUT2D eigenvalue weighted by molar-refractivity contribution is 5.43. The van der Waals surface area contributed by atoms with Crippen molar-refractivity contribution >= 4 is 0 Å². The van der Waals surface area contributed by atoms with Crippen LogP contribution in [0.4, 0.5) is 0 Å². The van der Waals surface area contributed by atoms with E-state index in [1.54, 1.807) is 0 Å². The van der Waals surface area contributed by atoms with E-state index in [9.17, 15) is 0 Å². The Labute approximate surface area is 109 Å². The topological polar surface area (TPSA) is 43.8 Å². The molecule has 0 radical (unpaired) electrons. The zero-order valence-corrected chi connectivity index (χ0v) is 11.4. The lowest BCUT2D eigenvalue weighted by molar-refractivity contribution is 0.788. The molecule has 0 saturated heterocycles. The molecule has 0 spiro atoms. The van der Waals surface area contributed by atoms with Crippen LogP contribution in [0.2, 0.25) is 0 Å². The average molecular weight is 243 g/mol. The van der Waals surface area contributed by atoms with Crippen LogP contribution in [0.1, 0.15) is 36.4 Å². The predicted molar refractivity (Wildman–Crippen MR) is 74.9 cm³/mol. The molecule has 0 unspecified atom stereocenters. The van der Waals surface area contributed by atoms with Gasteiger partial charge < -0.3 is 5.73 Å². The van der Waals surface area contributed by atoms with Gasteiger partial charge in [-0.05, 0) is 31.4 Å². The van der Waals surface area contributed by atoms with Crippen LogP contribution in [0.5, 0.6) is 0 Å². The van der Waals surface area contributed by atoms with Crippen LogP contribution in [-0.4, -0.2) is 9.78 Å². The minimum atomic E-state index is 0.568. The van der Waals surface area contributed by atoms with Crippen molar-refractivity contribution in [2.24, 2.45) is 5.73 Å². The average Bonchev–Trinajstić information content (AvgIpc) is 2.76. The van der Waals surface area contributed by atoms with Crippen molar-refractivity contribution in [3.63, 3.8) is 0 Å². The quantitative estimate of drug-likeness (QED) is 0.897. The first kappa shape index (κ1) is 12.8. The SMILES string of the molecule is CCc1nn(-c2ccccc2C)c(CC)c1CN. The fourth-order valence-corrected chi connectivity index (χ4v) is 2.42. The van der Waals surface area contributed by atoms with E-state index in [2.05, 4.69) is 49.7 Å². The molecule has 18 heavy (non-hydrogen) atoms. The summed E-state index contributed by atoms with van der Waals surface area (Å²) in [6, 6.07) is 8.33. The number of rotatable bonds is 4. The first-order valence-corrected chi connectivity index (χ1v) is 6.58. The number of aryl methyl sites for hydroxylation is 2. The van der Waals surface area contributed by atoms with Crippen LogP contribution in [0.15, 0.2) is 24.3 Å². The van der Waals surface area contributed by atoms with E-state index in [0.29, 0.717) is 6.54 Å². The predicted octanol–water partition coefficient (Wildman–Crippen LogP) is 2.76. The third-order valence-electron chi connectivity index (χ3n) is 3.39. The van der Waals surface area contributed by atoms with Crippen molar-refractivity contribution in [3.8, 4) is 5.69 Å². The van der Waals surface area contributed by atoms with Crippen molar-refractivity contribution in [2.45, 2.75) is 40.2 Å². The summed E-state index contributed by atoms with van der Waals surface area (Å²) in [7, 11) is 0. The highest BCUT2D eigenvalue weighted by Gasteiger charge is 2.15. The van der Waals surface area contributed by atoms with E-state index in [-0.39, 0.29) is 0 Å². The van der Waals surface area contributed by atoms with Gasteiger partial charge in [-0.2, -0.15) is 5.10 Å². The van der Waals surface area contributed by atoms with Gasteiger partial charge in [0, 0.05) is 17.8 Å². The fraction of sp³-hybridized carbons (Fsp3) is 0.400. The molecule has 2 N–H and O–H groups in total. The molecule has 3 nitrogen and oxygen atoms in total. The first-order chi connectivity index (χ1) is 8.72. The van der Waals surface area contributed by atoms with Crippen molar-refractivity contribution in [2.75, 3.05) is 0 Å². The molecule has 2 aromatic rings. The lowest BCUT2D eigenvalue weighted by Crippen LogP contribution is -2.06. The van der Waals surface area contributed by atoms with Crippen LogP contribution in [-0.2, 0) is 19.4 Å². The molecule has 0 aliphatic heterocycles.